The third kappa shape index (κ3) is 17.3. The SMILES string of the molecule is CCCCCCCCP(C=CCC(CC)CC)CCCCCCCC. The number of allylic oxidation sites excluding steroid dienone is 1. The first-order chi connectivity index (χ1) is 12.3. The molecule has 0 aliphatic rings. The summed E-state index contributed by atoms with van der Waals surface area (Å²) in [6, 6.07) is 0. The molecular formula is C24H49P. The van der Waals surface area contributed by atoms with E-state index in [1.165, 1.54) is 109 Å². The van der Waals surface area contributed by atoms with Gasteiger partial charge in [0.2, 0.25) is 0 Å². The molecule has 0 heterocycles. The molecule has 0 nitrogen and oxygen atoms in total. The molecule has 25 heavy (non-hydrogen) atoms. The fraction of sp³-hybridized carbons (Fsp3) is 0.917. The summed E-state index contributed by atoms with van der Waals surface area (Å²) < 4.78 is 0. The van der Waals surface area contributed by atoms with E-state index in [0.29, 0.717) is 0 Å². The van der Waals surface area contributed by atoms with E-state index in [2.05, 4.69) is 39.6 Å². The van der Waals surface area contributed by atoms with Crippen LogP contribution >= 0.6 is 7.92 Å². The minimum atomic E-state index is 0.169. The molecule has 0 aliphatic carbocycles. The summed E-state index contributed by atoms with van der Waals surface area (Å²) in [6.45, 7) is 9.31. The van der Waals surface area contributed by atoms with E-state index in [1.807, 2.05) is 0 Å². The maximum absolute atomic E-state index is 2.66. The summed E-state index contributed by atoms with van der Waals surface area (Å²) >= 11 is 0. The molecule has 0 fully saturated rings. The second-order valence-electron chi connectivity index (χ2n) is 7.87. The summed E-state index contributed by atoms with van der Waals surface area (Å²) in [6.07, 6.45) is 26.9. The molecule has 1 heteroatoms. The molecule has 0 rings (SSSR count). The highest BCUT2D eigenvalue weighted by atomic mass is 31.1. The smallest absolute Gasteiger partial charge is 0.0291 e. The molecule has 0 amide bonds. The lowest BCUT2D eigenvalue weighted by Gasteiger charge is -2.15. The molecule has 0 aromatic carbocycles. The van der Waals surface area contributed by atoms with Gasteiger partial charge in [0.1, 0.15) is 0 Å². The van der Waals surface area contributed by atoms with Gasteiger partial charge in [-0.25, -0.2) is 0 Å². The fourth-order valence-corrected chi connectivity index (χ4v) is 5.68. The van der Waals surface area contributed by atoms with Crippen molar-refractivity contribution in [3.05, 3.63) is 11.9 Å². The molecule has 0 unspecified atom stereocenters. The molecule has 0 aromatic rings. The van der Waals surface area contributed by atoms with Crippen LogP contribution in [0.4, 0.5) is 0 Å². The molecule has 0 radical (unpaired) electrons. The Morgan fingerprint density at radius 3 is 1.48 bits per heavy atom. The Bertz CT molecular complexity index is 251. The highest BCUT2D eigenvalue weighted by Gasteiger charge is 2.05. The molecular weight excluding hydrogens is 319 g/mol. The maximum Gasteiger partial charge on any atom is -0.0291 e. The molecule has 0 saturated heterocycles. The Balaban J connectivity index is 4.05. The van der Waals surface area contributed by atoms with Crippen molar-refractivity contribution in [1.82, 2.24) is 0 Å². The number of hydrogen-bond donors (Lipinski definition) is 0. The normalized spacial score (nSPS) is 12.1. The van der Waals surface area contributed by atoms with Crippen LogP contribution in [0.25, 0.3) is 0 Å². The predicted molar refractivity (Wildman–Crippen MR) is 121 cm³/mol. The van der Waals surface area contributed by atoms with E-state index in [0.717, 1.165) is 5.92 Å². The zero-order valence-corrected chi connectivity index (χ0v) is 19.1. The number of hydrogen-bond acceptors (Lipinski definition) is 0. The van der Waals surface area contributed by atoms with Crippen LogP contribution in [0.1, 0.15) is 124 Å². The third-order valence-corrected chi connectivity index (χ3v) is 7.95. The second kappa shape index (κ2) is 20.5. The summed E-state index contributed by atoms with van der Waals surface area (Å²) in [5.74, 6) is 3.57. The van der Waals surface area contributed by atoms with Gasteiger partial charge in [-0.3, -0.25) is 0 Å². The van der Waals surface area contributed by atoms with Gasteiger partial charge in [0.25, 0.3) is 0 Å². The van der Waals surface area contributed by atoms with Crippen molar-refractivity contribution in [2.45, 2.75) is 124 Å². The van der Waals surface area contributed by atoms with Crippen molar-refractivity contribution in [3.8, 4) is 0 Å². The monoisotopic (exact) mass is 368 g/mol. The van der Waals surface area contributed by atoms with Crippen molar-refractivity contribution in [2.24, 2.45) is 5.92 Å². The fourth-order valence-electron chi connectivity index (χ4n) is 3.48. The van der Waals surface area contributed by atoms with E-state index in [4.69, 9.17) is 0 Å². The van der Waals surface area contributed by atoms with Gasteiger partial charge in [-0.15, -0.1) is 0 Å². The Labute approximate surface area is 162 Å². The first-order valence-corrected chi connectivity index (χ1v) is 13.5. The Hall–Kier alpha value is 0.170. The van der Waals surface area contributed by atoms with Crippen LogP contribution in [0.2, 0.25) is 0 Å². The quantitative estimate of drug-likeness (QED) is 0.157. The van der Waals surface area contributed by atoms with Crippen LogP contribution in [0.15, 0.2) is 11.9 Å². The molecule has 0 aliphatic heterocycles. The summed E-state index contributed by atoms with van der Waals surface area (Å²) in [4.78, 5) is 0. The third-order valence-electron chi connectivity index (χ3n) is 5.54. The number of rotatable bonds is 19. The van der Waals surface area contributed by atoms with Crippen LogP contribution in [-0.2, 0) is 0 Å². The van der Waals surface area contributed by atoms with Gasteiger partial charge in [-0.05, 0) is 37.5 Å². The standard InChI is InChI=1S/C24H49P/c1-5-9-11-13-15-17-21-25(22-18-16-14-12-10-6-2)23-19-20-24(7-3)8-4/h19,23-24H,5-18,20-22H2,1-4H3. The lowest BCUT2D eigenvalue weighted by molar-refractivity contribution is 0.500. The van der Waals surface area contributed by atoms with Crippen LogP contribution < -0.4 is 0 Å². The van der Waals surface area contributed by atoms with Gasteiger partial charge < -0.3 is 0 Å². The van der Waals surface area contributed by atoms with Crippen LogP contribution in [-0.4, -0.2) is 12.3 Å². The molecule has 0 saturated carbocycles. The van der Waals surface area contributed by atoms with E-state index in [9.17, 15) is 0 Å². The zero-order chi connectivity index (χ0) is 18.6. The van der Waals surface area contributed by atoms with Crippen LogP contribution in [0.5, 0.6) is 0 Å². The first-order valence-electron chi connectivity index (χ1n) is 11.7. The Morgan fingerprint density at radius 2 is 1.04 bits per heavy atom. The summed E-state index contributed by atoms with van der Waals surface area (Å²) in [7, 11) is 0.169. The lowest BCUT2D eigenvalue weighted by Crippen LogP contribution is -1.94. The van der Waals surface area contributed by atoms with Crippen molar-refractivity contribution in [2.75, 3.05) is 12.3 Å². The van der Waals surface area contributed by atoms with E-state index in [1.54, 1.807) is 0 Å². The Morgan fingerprint density at radius 1 is 0.600 bits per heavy atom. The lowest BCUT2D eigenvalue weighted by atomic mass is 10.00. The van der Waals surface area contributed by atoms with Crippen molar-refractivity contribution in [3.63, 3.8) is 0 Å². The average Bonchev–Trinajstić information content (AvgIpc) is 2.63. The van der Waals surface area contributed by atoms with Crippen molar-refractivity contribution in [1.29, 1.82) is 0 Å². The van der Waals surface area contributed by atoms with Gasteiger partial charge in [0, 0.05) is 0 Å². The molecule has 0 bridgehead atoms. The maximum atomic E-state index is 2.66. The van der Waals surface area contributed by atoms with E-state index >= 15 is 0 Å². The highest BCUT2D eigenvalue weighted by Crippen LogP contribution is 2.40. The molecule has 0 N–H and O–H groups in total. The summed E-state index contributed by atoms with van der Waals surface area (Å²) in [5, 5.41) is 0. The zero-order valence-electron chi connectivity index (χ0n) is 18.2. The van der Waals surface area contributed by atoms with Gasteiger partial charge in [0.05, 0.1) is 0 Å². The largest absolute Gasteiger partial charge is 0.0838 e. The molecule has 0 spiro atoms. The average molecular weight is 369 g/mol. The minimum Gasteiger partial charge on any atom is -0.0838 e. The van der Waals surface area contributed by atoms with Crippen LogP contribution in [0.3, 0.4) is 0 Å². The molecule has 150 valence electrons. The second-order valence-corrected chi connectivity index (χ2v) is 10.2. The Kier molecular flexibility index (Phi) is 20.6. The van der Waals surface area contributed by atoms with Gasteiger partial charge >= 0.3 is 0 Å². The van der Waals surface area contributed by atoms with Gasteiger partial charge in [-0.2, -0.15) is 0 Å². The summed E-state index contributed by atoms with van der Waals surface area (Å²) in [5.41, 5.74) is 0. The topological polar surface area (TPSA) is 0 Å². The van der Waals surface area contributed by atoms with E-state index < -0.39 is 0 Å². The highest BCUT2D eigenvalue weighted by molar-refractivity contribution is 7.60. The van der Waals surface area contributed by atoms with Crippen LogP contribution in [0, 0.1) is 5.92 Å². The van der Waals surface area contributed by atoms with Crippen molar-refractivity contribution < 1.29 is 0 Å². The molecule has 0 atom stereocenters. The van der Waals surface area contributed by atoms with E-state index in [-0.39, 0.29) is 7.92 Å². The van der Waals surface area contributed by atoms with Gasteiger partial charge in [-0.1, -0.05) is 125 Å². The minimum absolute atomic E-state index is 0.169. The van der Waals surface area contributed by atoms with Gasteiger partial charge in [0.15, 0.2) is 0 Å². The first kappa shape index (κ1) is 25.2. The molecule has 0 aromatic heterocycles. The van der Waals surface area contributed by atoms with Crippen molar-refractivity contribution >= 4 is 7.92 Å². The number of unbranched alkanes of at least 4 members (excludes halogenated alkanes) is 10. The predicted octanol–water partition coefficient (Wildman–Crippen LogP) is 9.53.